The van der Waals surface area contributed by atoms with Gasteiger partial charge in [-0.1, -0.05) is 6.07 Å². The van der Waals surface area contributed by atoms with Crippen molar-refractivity contribution in [1.29, 1.82) is 0 Å². The largest absolute Gasteiger partial charge is 0.356 e. The first kappa shape index (κ1) is 16.2. The molecular weight excluding hydrogens is 288 g/mol. The Bertz CT molecular complexity index is 552. The summed E-state index contributed by atoms with van der Waals surface area (Å²) >= 11 is 0. The van der Waals surface area contributed by atoms with Gasteiger partial charge in [0.05, 0.1) is 0 Å². The highest BCUT2D eigenvalue weighted by Crippen LogP contribution is 2.26. The number of aryl methyl sites for hydroxylation is 1. The molecule has 3 heterocycles. The lowest BCUT2D eigenvalue weighted by atomic mass is 9.95. The van der Waals surface area contributed by atoms with Crippen LogP contribution in [-0.2, 0) is 4.79 Å². The van der Waals surface area contributed by atoms with Crippen molar-refractivity contribution in [3.05, 3.63) is 23.9 Å². The van der Waals surface area contributed by atoms with E-state index in [4.69, 9.17) is 0 Å². The zero-order chi connectivity index (χ0) is 16.4. The van der Waals surface area contributed by atoms with Gasteiger partial charge < -0.3 is 14.7 Å². The van der Waals surface area contributed by atoms with Crippen molar-refractivity contribution in [2.45, 2.75) is 32.2 Å². The number of nitrogens with zero attached hydrogens (tertiary/aromatic N) is 4. The van der Waals surface area contributed by atoms with E-state index in [1.54, 1.807) is 0 Å². The van der Waals surface area contributed by atoms with Crippen molar-refractivity contribution in [3.63, 3.8) is 0 Å². The summed E-state index contributed by atoms with van der Waals surface area (Å²) in [6.07, 6.45) is 4.84. The van der Waals surface area contributed by atoms with E-state index >= 15 is 0 Å². The summed E-state index contributed by atoms with van der Waals surface area (Å²) < 4.78 is 0. The van der Waals surface area contributed by atoms with E-state index in [9.17, 15) is 4.79 Å². The summed E-state index contributed by atoms with van der Waals surface area (Å²) in [5, 5.41) is 0. The molecule has 2 aliphatic rings. The van der Waals surface area contributed by atoms with Crippen LogP contribution in [0.3, 0.4) is 0 Å². The van der Waals surface area contributed by atoms with Crippen LogP contribution < -0.4 is 4.90 Å². The Kier molecular flexibility index (Phi) is 4.85. The van der Waals surface area contributed by atoms with Gasteiger partial charge in [-0.15, -0.1) is 0 Å². The number of carbonyl (C=O) groups excluding carboxylic acids is 1. The van der Waals surface area contributed by atoms with E-state index in [0.717, 1.165) is 51.3 Å². The normalized spacial score (nSPS) is 22.9. The summed E-state index contributed by atoms with van der Waals surface area (Å²) in [5.41, 5.74) is 1.21. The van der Waals surface area contributed by atoms with Gasteiger partial charge in [0.25, 0.3) is 0 Å². The molecule has 0 bridgehead atoms. The molecule has 1 amide bonds. The minimum atomic E-state index is 0.191. The Balaban J connectivity index is 1.55. The molecule has 5 nitrogen and oxygen atoms in total. The monoisotopic (exact) mass is 316 g/mol. The molecule has 0 radical (unpaired) electrons. The van der Waals surface area contributed by atoms with E-state index in [0.29, 0.717) is 11.9 Å². The lowest BCUT2D eigenvalue weighted by molar-refractivity contribution is -0.135. The standard InChI is InChI=1S/C18H28N4O/c1-14-5-4-9-19-17(14)21-10-6-15(7-11-21)18(23)22-12-8-16(13-22)20(2)3/h4-5,9,15-16H,6-8,10-13H2,1-3H3. The summed E-state index contributed by atoms with van der Waals surface area (Å²) in [7, 11) is 4.21. The number of hydrogen-bond acceptors (Lipinski definition) is 4. The number of amides is 1. The maximum absolute atomic E-state index is 12.8. The van der Waals surface area contributed by atoms with Crippen LogP contribution in [0.25, 0.3) is 0 Å². The van der Waals surface area contributed by atoms with E-state index in [1.165, 1.54) is 5.56 Å². The van der Waals surface area contributed by atoms with E-state index in [2.05, 4.69) is 46.8 Å². The molecule has 0 aromatic carbocycles. The van der Waals surface area contributed by atoms with Crippen LogP contribution >= 0.6 is 0 Å². The van der Waals surface area contributed by atoms with Crippen molar-refractivity contribution in [3.8, 4) is 0 Å². The molecule has 0 saturated carbocycles. The highest BCUT2D eigenvalue weighted by Gasteiger charge is 2.33. The Labute approximate surface area is 139 Å². The van der Waals surface area contributed by atoms with Crippen molar-refractivity contribution in [2.75, 3.05) is 45.2 Å². The van der Waals surface area contributed by atoms with E-state index in [1.807, 2.05) is 12.3 Å². The maximum atomic E-state index is 12.8. The second-order valence-electron chi connectivity index (χ2n) is 7.10. The molecule has 0 spiro atoms. The quantitative estimate of drug-likeness (QED) is 0.852. The molecule has 126 valence electrons. The first-order chi connectivity index (χ1) is 11.1. The van der Waals surface area contributed by atoms with E-state index < -0.39 is 0 Å². The van der Waals surface area contributed by atoms with E-state index in [-0.39, 0.29) is 5.92 Å². The van der Waals surface area contributed by atoms with Gasteiger partial charge in [0.1, 0.15) is 5.82 Å². The SMILES string of the molecule is Cc1cccnc1N1CCC(C(=O)N2CCC(N(C)C)C2)CC1. The Morgan fingerprint density at radius 2 is 1.96 bits per heavy atom. The van der Waals surface area contributed by atoms with Gasteiger partial charge in [-0.25, -0.2) is 4.98 Å². The molecule has 0 aliphatic carbocycles. The molecule has 23 heavy (non-hydrogen) atoms. The predicted molar refractivity (Wildman–Crippen MR) is 92.6 cm³/mol. The molecule has 1 unspecified atom stereocenters. The van der Waals surface area contributed by atoms with Crippen molar-refractivity contribution in [1.82, 2.24) is 14.8 Å². The first-order valence-electron chi connectivity index (χ1n) is 8.68. The smallest absolute Gasteiger partial charge is 0.225 e. The molecule has 3 rings (SSSR count). The third kappa shape index (κ3) is 3.50. The minimum absolute atomic E-state index is 0.191. The predicted octanol–water partition coefficient (Wildman–Crippen LogP) is 1.77. The zero-order valence-corrected chi connectivity index (χ0v) is 14.5. The number of aromatic nitrogens is 1. The molecule has 1 atom stereocenters. The fraction of sp³-hybridized carbons (Fsp3) is 0.667. The van der Waals surface area contributed by atoms with Gasteiger partial charge in [0.2, 0.25) is 5.91 Å². The van der Waals surface area contributed by atoms with Gasteiger partial charge in [-0.2, -0.15) is 0 Å². The van der Waals surface area contributed by atoms with Crippen LogP contribution in [-0.4, -0.2) is 67.0 Å². The number of anilines is 1. The zero-order valence-electron chi connectivity index (χ0n) is 14.5. The van der Waals surface area contributed by atoms with Crippen LogP contribution in [0, 0.1) is 12.8 Å². The molecule has 2 saturated heterocycles. The first-order valence-corrected chi connectivity index (χ1v) is 8.68. The Morgan fingerprint density at radius 3 is 2.57 bits per heavy atom. The lowest BCUT2D eigenvalue weighted by Crippen LogP contribution is -2.43. The summed E-state index contributed by atoms with van der Waals surface area (Å²) in [6, 6.07) is 4.60. The fourth-order valence-electron chi connectivity index (χ4n) is 3.77. The number of rotatable bonds is 3. The minimum Gasteiger partial charge on any atom is -0.356 e. The number of carbonyl (C=O) groups is 1. The van der Waals surface area contributed by atoms with Crippen LogP contribution in [0.1, 0.15) is 24.8 Å². The second kappa shape index (κ2) is 6.87. The number of pyridine rings is 1. The molecule has 1 aromatic rings. The highest BCUT2D eigenvalue weighted by molar-refractivity contribution is 5.79. The van der Waals surface area contributed by atoms with Crippen molar-refractivity contribution in [2.24, 2.45) is 5.92 Å². The average molecular weight is 316 g/mol. The molecule has 5 heteroatoms. The van der Waals surface area contributed by atoms with Crippen molar-refractivity contribution >= 4 is 11.7 Å². The van der Waals surface area contributed by atoms with Crippen LogP contribution in [0.5, 0.6) is 0 Å². The molecule has 2 fully saturated rings. The summed E-state index contributed by atoms with van der Waals surface area (Å²) in [6.45, 7) is 5.77. The van der Waals surface area contributed by atoms with Gasteiger partial charge in [0, 0.05) is 44.3 Å². The van der Waals surface area contributed by atoms with Gasteiger partial charge in [-0.05, 0) is 51.9 Å². The third-order valence-corrected chi connectivity index (χ3v) is 5.33. The second-order valence-corrected chi connectivity index (χ2v) is 7.10. The fourth-order valence-corrected chi connectivity index (χ4v) is 3.77. The third-order valence-electron chi connectivity index (χ3n) is 5.33. The van der Waals surface area contributed by atoms with Crippen molar-refractivity contribution < 1.29 is 4.79 Å². The van der Waals surface area contributed by atoms with Gasteiger partial charge in [0.15, 0.2) is 0 Å². The summed E-state index contributed by atoms with van der Waals surface area (Å²) in [5.74, 6) is 1.63. The molecular formula is C18H28N4O. The molecule has 2 aliphatic heterocycles. The van der Waals surface area contributed by atoms with Crippen LogP contribution in [0.2, 0.25) is 0 Å². The number of likely N-dealkylation sites (N-methyl/N-ethyl adjacent to an activating group) is 1. The van der Waals surface area contributed by atoms with Gasteiger partial charge >= 0.3 is 0 Å². The average Bonchev–Trinajstić information content (AvgIpc) is 3.05. The number of hydrogen-bond donors (Lipinski definition) is 0. The van der Waals surface area contributed by atoms with Crippen LogP contribution in [0.4, 0.5) is 5.82 Å². The topological polar surface area (TPSA) is 39.7 Å². The van der Waals surface area contributed by atoms with Gasteiger partial charge in [-0.3, -0.25) is 4.79 Å². The maximum Gasteiger partial charge on any atom is 0.225 e. The number of piperidine rings is 1. The lowest BCUT2D eigenvalue weighted by Gasteiger charge is -2.34. The summed E-state index contributed by atoms with van der Waals surface area (Å²) in [4.78, 5) is 23.9. The molecule has 1 aromatic heterocycles. The highest BCUT2D eigenvalue weighted by atomic mass is 16.2. The Hall–Kier alpha value is -1.62. The Morgan fingerprint density at radius 1 is 1.22 bits per heavy atom. The number of likely N-dealkylation sites (tertiary alicyclic amines) is 1. The molecule has 0 N–H and O–H groups in total. The van der Waals surface area contributed by atoms with Crippen LogP contribution in [0.15, 0.2) is 18.3 Å².